The fourth-order valence-corrected chi connectivity index (χ4v) is 2.60. The van der Waals surface area contributed by atoms with Crippen LogP contribution in [0.15, 0.2) is 42.5 Å². The lowest BCUT2D eigenvalue weighted by atomic mass is 10.2. The van der Waals surface area contributed by atoms with E-state index in [0.717, 1.165) is 16.6 Å². The number of para-hydroxylation sites is 2. The molecule has 3 aromatic rings. The number of aromatic nitrogens is 2. The number of H-pyrrole nitrogens is 1. The number of nitrogens with one attached hydrogen (secondary N) is 1. The molecule has 0 aliphatic heterocycles. The lowest BCUT2D eigenvalue weighted by Crippen LogP contribution is -2.06. The number of benzene rings is 2. The van der Waals surface area contributed by atoms with Gasteiger partial charge in [0.15, 0.2) is 4.77 Å². The number of imidazole rings is 1. The highest BCUT2D eigenvalue weighted by atomic mass is 32.1. The maximum Gasteiger partial charge on any atom is 0.387 e. The number of aromatic amines is 1. The fraction of sp³-hybridized carbons (Fsp3) is 0.133. The van der Waals surface area contributed by atoms with Gasteiger partial charge in [-0.15, -0.1) is 0 Å². The molecule has 0 bridgehead atoms. The first-order valence-corrected chi connectivity index (χ1v) is 6.72. The maximum atomic E-state index is 12.6. The maximum absolute atomic E-state index is 12.6. The lowest BCUT2D eigenvalue weighted by Gasteiger charge is -2.12. The zero-order valence-electron chi connectivity index (χ0n) is 11.1. The van der Waals surface area contributed by atoms with Crippen molar-refractivity contribution in [2.24, 2.45) is 0 Å². The van der Waals surface area contributed by atoms with Crippen molar-refractivity contribution in [3.05, 3.63) is 52.8 Å². The van der Waals surface area contributed by atoms with E-state index in [4.69, 9.17) is 12.2 Å². The number of halogens is 2. The third kappa shape index (κ3) is 2.54. The number of nitrogens with zero attached hydrogens (tertiary/aromatic N) is 1. The first-order chi connectivity index (χ1) is 10.1. The molecule has 3 rings (SSSR count). The van der Waals surface area contributed by atoms with Gasteiger partial charge in [-0.3, -0.25) is 4.57 Å². The molecule has 0 radical (unpaired) electrons. The summed E-state index contributed by atoms with van der Waals surface area (Å²) in [5, 5.41) is 0. The van der Waals surface area contributed by atoms with Crippen molar-refractivity contribution in [1.29, 1.82) is 0 Å². The monoisotopic (exact) mass is 306 g/mol. The highest BCUT2D eigenvalue weighted by Gasteiger charge is 2.14. The second-order valence-corrected chi connectivity index (χ2v) is 5.02. The van der Waals surface area contributed by atoms with E-state index < -0.39 is 6.61 Å². The SMILES string of the molecule is Cc1ccc2[nH]c(=S)n(-c3ccccc3OC(F)F)c2c1. The largest absolute Gasteiger partial charge is 0.433 e. The van der Waals surface area contributed by atoms with E-state index in [1.807, 2.05) is 25.1 Å². The first-order valence-electron chi connectivity index (χ1n) is 6.32. The Bertz CT molecular complexity index is 854. The molecule has 1 N–H and O–H groups in total. The summed E-state index contributed by atoms with van der Waals surface area (Å²) in [7, 11) is 0. The van der Waals surface area contributed by atoms with Gasteiger partial charge in [0, 0.05) is 0 Å². The zero-order valence-corrected chi connectivity index (χ0v) is 12.0. The topological polar surface area (TPSA) is 29.9 Å². The van der Waals surface area contributed by atoms with Crippen LogP contribution in [-0.2, 0) is 0 Å². The van der Waals surface area contributed by atoms with Crippen molar-refractivity contribution in [3.8, 4) is 11.4 Å². The Morgan fingerprint density at radius 1 is 1.19 bits per heavy atom. The lowest BCUT2D eigenvalue weighted by molar-refractivity contribution is -0.0498. The van der Waals surface area contributed by atoms with Crippen molar-refractivity contribution in [2.75, 3.05) is 0 Å². The minimum Gasteiger partial charge on any atom is -0.433 e. The van der Waals surface area contributed by atoms with Crippen LogP contribution in [-0.4, -0.2) is 16.2 Å². The molecular formula is C15H12F2N2OS. The van der Waals surface area contributed by atoms with E-state index in [9.17, 15) is 8.78 Å². The Morgan fingerprint density at radius 2 is 1.95 bits per heavy atom. The molecule has 0 spiro atoms. The van der Waals surface area contributed by atoms with Crippen molar-refractivity contribution in [1.82, 2.24) is 9.55 Å². The van der Waals surface area contributed by atoms with Crippen molar-refractivity contribution < 1.29 is 13.5 Å². The molecule has 0 amide bonds. The van der Waals surface area contributed by atoms with Gasteiger partial charge in [-0.05, 0) is 49.0 Å². The third-order valence-corrected chi connectivity index (χ3v) is 3.45. The first kappa shape index (κ1) is 13.8. The Morgan fingerprint density at radius 3 is 2.71 bits per heavy atom. The van der Waals surface area contributed by atoms with Crippen LogP contribution in [0, 0.1) is 11.7 Å². The second-order valence-electron chi connectivity index (χ2n) is 4.63. The van der Waals surface area contributed by atoms with E-state index in [2.05, 4.69) is 9.72 Å². The summed E-state index contributed by atoms with van der Waals surface area (Å²) >= 11 is 5.32. The van der Waals surface area contributed by atoms with Gasteiger partial charge in [0.1, 0.15) is 5.75 Å². The number of hydrogen-bond donors (Lipinski definition) is 1. The van der Waals surface area contributed by atoms with E-state index in [0.29, 0.717) is 10.5 Å². The van der Waals surface area contributed by atoms with Crippen LogP contribution in [0.1, 0.15) is 5.56 Å². The second kappa shape index (κ2) is 5.29. The van der Waals surface area contributed by atoms with Gasteiger partial charge in [-0.1, -0.05) is 18.2 Å². The molecule has 2 aromatic carbocycles. The molecule has 1 aromatic heterocycles. The van der Waals surface area contributed by atoms with Gasteiger partial charge in [0.25, 0.3) is 0 Å². The smallest absolute Gasteiger partial charge is 0.387 e. The summed E-state index contributed by atoms with van der Waals surface area (Å²) in [5.41, 5.74) is 3.21. The Kier molecular flexibility index (Phi) is 3.47. The molecule has 21 heavy (non-hydrogen) atoms. The van der Waals surface area contributed by atoms with Crippen LogP contribution in [0.3, 0.4) is 0 Å². The highest BCUT2D eigenvalue weighted by molar-refractivity contribution is 7.71. The molecule has 0 aliphatic rings. The molecule has 0 unspecified atom stereocenters. The van der Waals surface area contributed by atoms with Gasteiger partial charge >= 0.3 is 6.61 Å². The minimum absolute atomic E-state index is 0.0889. The molecule has 0 saturated heterocycles. The van der Waals surface area contributed by atoms with Gasteiger partial charge in [-0.2, -0.15) is 8.78 Å². The van der Waals surface area contributed by atoms with Crippen molar-refractivity contribution >= 4 is 23.3 Å². The number of hydrogen-bond acceptors (Lipinski definition) is 2. The van der Waals surface area contributed by atoms with Crippen LogP contribution >= 0.6 is 12.2 Å². The summed E-state index contributed by atoms with van der Waals surface area (Å²) in [5.74, 6) is 0.0889. The summed E-state index contributed by atoms with van der Waals surface area (Å²) in [6, 6.07) is 12.4. The summed E-state index contributed by atoms with van der Waals surface area (Å²) in [6.45, 7) is -0.922. The molecule has 0 aliphatic carbocycles. The normalized spacial score (nSPS) is 11.2. The van der Waals surface area contributed by atoms with Crippen LogP contribution in [0.2, 0.25) is 0 Å². The predicted octanol–water partition coefficient (Wildman–Crippen LogP) is 4.60. The Labute approximate surface area is 124 Å². The van der Waals surface area contributed by atoms with Crippen LogP contribution in [0.25, 0.3) is 16.7 Å². The van der Waals surface area contributed by atoms with Gasteiger partial charge in [-0.25, -0.2) is 0 Å². The van der Waals surface area contributed by atoms with Gasteiger partial charge in [0.2, 0.25) is 0 Å². The van der Waals surface area contributed by atoms with E-state index >= 15 is 0 Å². The summed E-state index contributed by atoms with van der Waals surface area (Å²) in [6.07, 6.45) is 0. The third-order valence-electron chi connectivity index (χ3n) is 3.16. The molecule has 0 saturated carbocycles. The molecule has 108 valence electrons. The van der Waals surface area contributed by atoms with Gasteiger partial charge < -0.3 is 9.72 Å². The molecular weight excluding hydrogens is 294 g/mol. The van der Waals surface area contributed by atoms with Crippen LogP contribution in [0.4, 0.5) is 8.78 Å². The zero-order chi connectivity index (χ0) is 15.0. The van der Waals surface area contributed by atoms with Crippen LogP contribution in [0.5, 0.6) is 5.75 Å². The average molecular weight is 306 g/mol. The fourth-order valence-electron chi connectivity index (χ4n) is 2.29. The van der Waals surface area contributed by atoms with E-state index in [1.165, 1.54) is 6.07 Å². The Hall–Kier alpha value is -2.21. The molecule has 0 atom stereocenters. The van der Waals surface area contributed by atoms with E-state index in [1.54, 1.807) is 22.8 Å². The number of rotatable bonds is 3. The number of aryl methyl sites for hydroxylation is 1. The van der Waals surface area contributed by atoms with Crippen molar-refractivity contribution in [2.45, 2.75) is 13.5 Å². The Balaban J connectivity index is 2.28. The standard InChI is InChI=1S/C15H12F2N2OS/c1-9-6-7-10-12(8-9)19(15(21)18-10)11-4-2-3-5-13(11)20-14(16)17/h2-8,14H,1H3,(H,18,21). The number of alkyl halides is 2. The van der Waals surface area contributed by atoms with Gasteiger partial charge in [0.05, 0.1) is 16.7 Å². The minimum atomic E-state index is -2.88. The van der Waals surface area contributed by atoms with Crippen molar-refractivity contribution in [3.63, 3.8) is 0 Å². The highest BCUT2D eigenvalue weighted by Crippen LogP contribution is 2.28. The molecule has 0 fully saturated rings. The van der Waals surface area contributed by atoms with Crippen LogP contribution < -0.4 is 4.74 Å². The number of ether oxygens (including phenoxy) is 1. The predicted molar refractivity (Wildman–Crippen MR) is 79.8 cm³/mol. The summed E-state index contributed by atoms with van der Waals surface area (Å²) in [4.78, 5) is 3.07. The number of fused-ring (bicyclic) bond motifs is 1. The molecule has 6 heteroatoms. The van der Waals surface area contributed by atoms with E-state index in [-0.39, 0.29) is 5.75 Å². The summed E-state index contributed by atoms with van der Waals surface area (Å²) < 4.78 is 31.8. The molecule has 3 nitrogen and oxygen atoms in total. The molecule has 1 heterocycles. The average Bonchev–Trinajstić information content (AvgIpc) is 2.74. The quantitative estimate of drug-likeness (QED) is 0.717.